The minimum absolute atomic E-state index is 0.0704. The Labute approximate surface area is 223 Å². The average Bonchev–Trinajstić information content (AvgIpc) is 3.43. The first-order valence-corrected chi connectivity index (χ1v) is 16.6. The molecule has 204 valence electrons. The van der Waals surface area contributed by atoms with Gasteiger partial charge in [0.05, 0.1) is 12.9 Å². The second kappa shape index (κ2) is 12.3. The maximum atomic E-state index is 11.6. The molecule has 1 aromatic carbocycles. The molecule has 0 fully saturated rings. The van der Waals surface area contributed by atoms with Gasteiger partial charge in [-0.25, -0.2) is 4.98 Å². The van der Waals surface area contributed by atoms with Crippen LogP contribution in [0.3, 0.4) is 0 Å². The van der Waals surface area contributed by atoms with Crippen LogP contribution in [0.5, 0.6) is 5.75 Å². The van der Waals surface area contributed by atoms with Gasteiger partial charge in [-0.2, -0.15) is 0 Å². The molecule has 7 nitrogen and oxygen atoms in total. The van der Waals surface area contributed by atoms with Crippen LogP contribution < -0.4 is 10.5 Å². The number of ether oxygens (including phenoxy) is 1. The summed E-state index contributed by atoms with van der Waals surface area (Å²) in [5, 5.41) is 1.31. The third-order valence-electron chi connectivity index (χ3n) is 7.63. The SMILES string of the molecule is CCCCCCOc1ccc2c(c1)c(CCC[C@@H](O[Si](C)(C)C(C)(C)C)n1cnc(C(N)=O)c1)cn2C. The lowest BCUT2D eigenvalue weighted by molar-refractivity contribution is 0.0988. The number of unbranched alkanes of at least 4 members (excludes halogenated alkanes) is 3. The van der Waals surface area contributed by atoms with E-state index in [1.807, 2.05) is 4.57 Å². The van der Waals surface area contributed by atoms with Crippen molar-refractivity contribution in [2.24, 2.45) is 12.8 Å². The van der Waals surface area contributed by atoms with Gasteiger partial charge in [-0.15, -0.1) is 0 Å². The number of fused-ring (bicyclic) bond motifs is 1. The number of imidazole rings is 1. The second-order valence-corrected chi connectivity index (χ2v) is 16.4. The first kappa shape index (κ1) is 29.0. The molecule has 0 saturated heterocycles. The van der Waals surface area contributed by atoms with E-state index in [0.29, 0.717) is 0 Å². The molecule has 2 heterocycles. The normalized spacial score (nSPS) is 13.3. The number of benzene rings is 1. The van der Waals surface area contributed by atoms with Crippen molar-refractivity contribution >= 4 is 25.1 Å². The molecule has 8 heteroatoms. The van der Waals surface area contributed by atoms with Crippen LogP contribution >= 0.6 is 0 Å². The number of carbonyl (C=O) groups is 1. The van der Waals surface area contributed by atoms with Gasteiger partial charge < -0.3 is 24.0 Å². The van der Waals surface area contributed by atoms with E-state index >= 15 is 0 Å². The van der Waals surface area contributed by atoms with Crippen molar-refractivity contribution in [3.63, 3.8) is 0 Å². The van der Waals surface area contributed by atoms with Crippen molar-refractivity contribution in [1.29, 1.82) is 0 Å². The standard InChI is InChI=1S/C29H46N4O3Si/c1-8-9-10-11-17-35-23-15-16-26-24(18-23)22(19-32(26)5)13-12-14-27(36-37(6,7)29(2,3)4)33-20-25(28(30)34)31-21-33/h15-16,18-21,27H,8-14,17H2,1-7H3,(H2,30,34)/t27-/m1/s1. The highest BCUT2D eigenvalue weighted by Gasteiger charge is 2.39. The van der Waals surface area contributed by atoms with Crippen molar-refractivity contribution in [3.8, 4) is 5.75 Å². The van der Waals surface area contributed by atoms with Gasteiger partial charge in [-0.05, 0) is 67.6 Å². The topological polar surface area (TPSA) is 84.3 Å². The first-order chi connectivity index (χ1) is 17.4. The van der Waals surface area contributed by atoms with E-state index in [0.717, 1.165) is 38.0 Å². The molecule has 0 spiro atoms. The Balaban J connectivity index is 1.73. The summed E-state index contributed by atoms with van der Waals surface area (Å²) in [7, 11) is 0.0425. The molecule has 0 radical (unpaired) electrons. The van der Waals surface area contributed by atoms with Crippen LogP contribution in [0.1, 0.15) is 88.5 Å². The molecule has 0 bridgehead atoms. The van der Waals surface area contributed by atoms with Gasteiger partial charge in [-0.1, -0.05) is 47.0 Å². The summed E-state index contributed by atoms with van der Waals surface area (Å²) in [6.07, 6.45) is 12.9. The third kappa shape index (κ3) is 7.48. The zero-order chi connectivity index (χ0) is 27.2. The summed E-state index contributed by atoms with van der Waals surface area (Å²) in [5.41, 5.74) is 8.24. The highest BCUT2D eigenvalue weighted by molar-refractivity contribution is 6.74. The fourth-order valence-corrected chi connectivity index (χ4v) is 5.61. The van der Waals surface area contributed by atoms with E-state index in [2.05, 4.69) is 81.8 Å². The molecular formula is C29H46N4O3Si. The van der Waals surface area contributed by atoms with Gasteiger partial charge in [0.15, 0.2) is 8.32 Å². The number of nitrogens with two attached hydrogens (primary N) is 1. The predicted octanol–water partition coefficient (Wildman–Crippen LogP) is 6.98. The number of amides is 1. The third-order valence-corrected chi connectivity index (χ3v) is 12.1. The predicted molar refractivity (Wildman–Crippen MR) is 154 cm³/mol. The molecule has 3 rings (SSSR count). The molecular weight excluding hydrogens is 480 g/mol. The number of nitrogens with zero attached hydrogens (tertiary/aromatic N) is 3. The lowest BCUT2D eigenvalue weighted by Gasteiger charge is -2.39. The molecule has 0 saturated carbocycles. The van der Waals surface area contributed by atoms with Crippen molar-refractivity contribution in [2.75, 3.05) is 6.61 Å². The molecule has 0 aliphatic carbocycles. The van der Waals surface area contributed by atoms with E-state index in [1.165, 1.54) is 35.7 Å². The van der Waals surface area contributed by atoms with Crippen molar-refractivity contribution in [1.82, 2.24) is 14.1 Å². The van der Waals surface area contributed by atoms with Crippen molar-refractivity contribution in [2.45, 2.75) is 97.0 Å². The lowest BCUT2D eigenvalue weighted by Crippen LogP contribution is -2.42. The van der Waals surface area contributed by atoms with Crippen LogP contribution in [0.2, 0.25) is 18.1 Å². The Morgan fingerprint density at radius 1 is 1.14 bits per heavy atom. The molecule has 1 atom stereocenters. The van der Waals surface area contributed by atoms with Crippen LogP contribution in [0, 0.1) is 0 Å². The maximum absolute atomic E-state index is 11.6. The summed E-state index contributed by atoms with van der Waals surface area (Å²) >= 11 is 0. The summed E-state index contributed by atoms with van der Waals surface area (Å²) < 4.78 is 16.9. The molecule has 1 amide bonds. The fraction of sp³-hybridized carbons (Fsp3) is 0.586. The van der Waals surface area contributed by atoms with Crippen LogP contribution in [0.15, 0.2) is 36.9 Å². The molecule has 0 unspecified atom stereocenters. The Bertz CT molecular complexity index is 1180. The number of primary amides is 1. The summed E-state index contributed by atoms with van der Waals surface area (Å²) in [5.74, 6) is 0.414. The highest BCUT2D eigenvalue weighted by Crippen LogP contribution is 2.40. The van der Waals surface area contributed by atoms with Crippen LogP contribution in [-0.2, 0) is 17.9 Å². The van der Waals surface area contributed by atoms with E-state index in [1.54, 1.807) is 12.5 Å². The fourth-order valence-electron chi connectivity index (χ4n) is 4.33. The average molecular weight is 527 g/mol. The second-order valence-electron chi connectivity index (χ2n) is 11.6. The van der Waals surface area contributed by atoms with Gasteiger partial charge >= 0.3 is 0 Å². The Kier molecular flexibility index (Phi) is 9.64. The molecule has 0 aliphatic heterocycles. The molecule has 3 aromatic rings. The van der Waals surface area contributed by atoms with Crippen molar-refractivity contribution < 1.29 is 14.0 Å². The van der Waals surface area contributed by atoms with E-state index in [9.17, 15) is 4.79 Å². The Hall–Kier alpha value is -2.58. The molecule has 37 heavy (non-hydrogen) atoms. The zero-order valence-electron chi connectivity index (χ0n) is 23.8. The van der Waals surface area contributed by atoms with Crippen LogP contribution in [0.25, 0.3) is 10.9 Å². The zero-order valence-corrected chi connectivity index (χ0v) is 24.8. The molecule has 2 aromatic heterocycles. The van der Waals surface area contributed by atoms with Crippen LogP contribution in [0.4, 0.5) is 0 Å². The van der Waals surface area contributed by atoms with Gasteiger partial charge in [-0.3, -0.25) is 4.79 Å². The number of carbonyl (C=O) groups excluding carboxylic acids is 1. The monoisotopic (exact) mass is 526 g/mol. The Morgan fingerprint density at radius 2 is 1.89 bits per heavy atom. The van der Waals surface area contributed by atoms with Gasteiger partial charge in [0.2, 0.25) is 0 Å². The summed E-state index contributed by atoms with van der Waals surface area (Å²) in [6.45, 7) is 14.2. The Morgan fingerprint density at radius 3 is 2.54 bits per heavy atom. The largest absolute Gasteiger partial charge is 0.494 e. The lowest BCUT2D eigenvalue weighted by atomic mass is 10.1. The van der Waals surface area contributed by atoms with Gasteiger partial charge in [0.25, 0.3) is 5.91 Å². The quantitative estimate of drug-likeness (QED) is 0.181. The first-order valence-electron chi connectivity index (χ1n) is 13.6. The number of hydrogen-bond donors (Lipinski definition) is 1. The minimum Gasteiger partial charge on any atom is -0.494 e. The summed E-state index contributed by atoms with van der Waals surface area (Å²) in [6, 6.07) is 6.41. The van der Waals surface area contributed by atoms with Gasteiger partial charge in [0, 0.05) is 30.3 Å². The number of aromatic nitrogens is 3. The van der Waals surface area contributed by atoms with E-state index in [-0.39, 0.29) is 17.0 Å². The van der Waals surface area contributed by atoms with E-state index < -0.39 is 14.2 Å². The maximum Gasteiger partial charge on any atom is 0.268 e. The summed E-state index contributed by atoms with van der Waals surface area (Å²) in [4.78, 5) is 15.8. The minimum atomic E-state index is -2.05. The molecule has 2 N–H and O–H groups in total. The van der Waals surface area contributed by atoms with Crippen LogP contribution in [-0.4, -0.2) is 34.9 Å². The van der Waals surface area contributed by atoms with Crippen molar-refractivity contribution in [3.05, 3.63) is 48.2 Å². The molecule has 0 aliphatic rings. The smallest absolute Gasteiger partial charge is 0.268 e. The number of aryl methyl sites for hydroxylation is 2. The van der Waals surface area contributed by atoms with E-state index in [4.69, 9.17) is 14.9 Å². The number of rotatable bonds is 14. The van der Waals surface area contributed by atoms with Gasteiger partial charge in [0.1, 0.15) is 17.7 Å². The number of hydrogen-bond acceptors (Lipinski definition) is 4. The highest BCUT2D eigenvalue weighted by atomic mass is 28.4.